The average molecular weight is 343 g/mol. The molecule has 128 valence electrons. The van der Waals surface area contributed by atoms with Crippen molar-refractivity contribution in [2.75, 3.05) is 20.1 Å². The monoisotopic (exact) mass is 343 g/mol. The van der Waals surface area contributed by atoms with Crippen LogP contribution in [0.3, 0.4) is 0 Å². The zero-order valence-electron chi connectivity index (χ0n) is 14.3. The topological polar surface area (TPSA) is 45.2 Å². The number of likely N-dealkylation sites (N-methyl/N-ethyl adjacent to an activating group) is 1. The van der Waals surface area contributed by atoms with Gasteiger partial charge >= 0.3 is 6.03 Å². The van der Waals surface area contributed by atoms with Crippen LogP contribution in [0, 0.1) is 5.92 Å². The van der Waals surface area contributed by atoms with Gasteiger partial charge in [-0.25, -0.2) is 9.78 Å². The van der Waals surface area contributed by atoms with Crippen molar-refractivity contribution in [3.05, 3.63) is 52.5 Å². The molecule has 1 unspecified atom stereocenters. The molecule has 2 aromatic rings. The number of nitrogens with one attached hydrogen (secondary N) is 1. The van der Waals surface area contributed by atoms with Gasteiger partial charge in [-0.05, 0) is 30.2 Å². The molecule has 1 atom stereocenters. The van der Waals surface area contributed by atoms with Crippen molar-refractivity contribution in [2.45, 2.75) is 31.6 Å². The van der Waals surface area contributed by atoms with Gasteiger partial charge in [0.15, 0.2) is 0 Å². The van der Waals surface area contributed by atoms with Crippen LogP contribution in [0.15, 0.2) is 41.9 Å². The third-order valence-electron chi connectivity index (χ3n) is 4.82. The van der Waals surface area contributed by atoms with Gasteiger partial charge in [0.25, 0.3) is 0 Å². The maximum atomic E-state index is 12.2. The molecule has 24 heavy (non-hydrogen) atoms. The van der Waals surface area contributed by atoms with Gasteiger partial charge in [0.1, 0.15) is 0 Å². The van der Waals surface area contributed by atoms with Gasteiger partial charge in [-0.3, -0.25) is 0 Å². The minimum atomic E-state index is 0.0153. The predicted octanol–water partition coefficient (Wildman–Crippen LogP) is 4.08. The van der Waals surface area contributed by atoms with E-state index in [0.717, 1.165) is 11.6 Å². The molecule has 1 N–H and O–H groups in total. The van der Waals surface area contributed by atoms with Crippen molar-refractivity contribution in [3.8, 4) is 0 Å². The fraction of sp³-hybridized carbons (Fsp3) is 0.474. The maximum absolute atomic E-state index is 12.2. The molecule has 1 aromatic heterocycles. The van der Waals surface area contributed by atoms with E-state index in [1.54, 1.807) is 16.2 Å². The predicted molar refractivity (Wildman–Crippen MR) is 98.5 cm³/mol. The molecule has 1 saturated carbocycles. The lowest BCUT2D eigenvalue weighted by Crippen LogP contribution is -2.43. The molecule has 0 radical (unpaired) electrons. The minimum absolute atomic E-state index is 0.0153. The molecule has 0 spiro atoms. The number of hydrogen-bond acceptors (Lipinski definition) is 3. The van der Waals surface area contributed by atoms with E-state index < -0.39 is 0 Å². The summed E-state index contributed by atoms with van der Waals surface area (Å²) in [5.74, 6) is 1.53. The van der Waals surface area contributed by atoms with E-state index in [-0.39, 0.29) is 11.9 Å². The van der Waals surface area contributed by atoms with E-state index in [0.29, 0.717) is 18.4 Å². The molecular weight excluding hydrogens is 318 g/mol. The lowest BCUT2D eigenvalue weighted by molar-refractivity contribution is 0.195. The van der Waals surface area contributed by atoms with E-state index in [9.17, 15) is 4.79 Å². The molecule has 1 aliphatic rings. The zero-order chi connectivity index (χ0) is 16.9. The average Bonchev–Trinajstić information content (AvgIpc) is 3.08. The van der Waals surface area contributed by atoms with Crippen molar-refractivity contribution in [3.63, 3.8) is 0 Å². The van der Waals surface area contributed by atoms with Gasteiger partial charge in [-0.15, -0.1) is 11.3 Å². The summed E-state index contributed by atoms with van der Waals surface area (Å²) in [6.07, 6.45) is 4.16. The quantitative estimate of drug-likeness (QED) is 0.859. The fourth-order valence-corrected chi connectivity index (χ4v) is 4.01. The second-order valence-electron chi connectivity index (χ2n) is 6.78. The Morgan fingerprint density at radius 3 is 2.79 bits per heavy atom. The first-order valence-electron chi connectivity index (χ1n) is 8.56. The molecule has 0 aliphatic heterocycles. The summed E-state index contributed by atoms with van der Waals surface area (Å²) >= 11 is 1.64. The van der Waals surface area contributed by atoms with Gasteiger partial charge in [0.2, 0.25) is 0 Å². The number of hydrogen-bond donors (Lipinski definition) is 1. The number of thiazole rings is 1. The minimum Gasteiger partial charge on any atom is -0.338 e. The maximum Gasteiger partial charge on any atom is 0.317 e. The third kappa shape index (κ3) is 4.15. The Balaban J connectivity index is 1.37. The smallest absolute Gasteiger partial charge is 0.317 e. The molecule has 4 nitrogen and oxygen atoms in total. The van der Waals surface area contributed by atoms with Crippen LogP contribution in [-0.2, 0) is 0 Å². The van der Waals surface area contributed by atoms with Crippen LogP contribution < -0.4 is 5.32 Å². The van der Waals surface area contributed by atoms with Crippen LogP contribution in [0.5, 0.6) is 0 Å². The lowest BCUT2D eigenvalue weighted by Gasteiger charge is -2.36. The summed E-state index contributed by atoms with van der Waals surface area (Å²) < 4.78 is 0. The largest absolute Gasteiger partial charge is 0.338 e. The van der Waals surface area contributed by atoms with Crippen molar-refractivity contribution in [1.82, 2.24) is 15.2 Å². The highest BCUT2D eigenvalue weighted by Gasteiger charge is 2.30. The van der Waals surface area contributed by atoms with E-state index in [4.69, 9.17) is 0 Å². The van der Waals surface area contributed by atoms with Crippen LogP contribution >= 0.6 is 11.3 Å². The number of benzene rings is 1. The highest BCUT2D eigenvalue weighted by atomic mass is 32.1. The van der Waals surface area contributed by atoms with E-state index in [1.807, 2.05) is 18.6 Å². The molecule has 1 aromatic carbocycles. The van der Waals surface area contributed by atoms with Crippen LogP contribution in [0.4, 0.5) is 4.79 Å². The molecule has 3 rings (SSSR count). The number of nitrogens with zero attached hydrogens (tertiary/aromatic N) is 2. The highest BCUT2D eigenvalue weighted by Crippen LogP contribution is 2.41. The van der Waals surface area contributed by atoms with E-state index in [2.05, 4.69) is 47.6 Å². The fourth-order valence-electron chi connectivity index (χ4n) is 3.32. The van der Waals surface area contributed by atoms with Crippen molar-refractivity contribution in [2.24, 2.45) is 5.92 Å². The van der Waals surface area contributed by atoms with Crippen LogP contribution in [0.2, 0.25) is 0 Å². The summed E-state index contributed by atoms with van der Waals surface area (Å²) in [5, 5.41) is 6.14. The second-order valence-corrected chi connectivity index (χ2v) is 7.71. The van der Waals surface area contributed by atoms with E-state index in [1.165, 1.54) is 18.4 Å². The molecular formula is C19H25N3OS. The lowest BCUT2D eigenvalue weighted by atomic mass is 9.71. The van der Waals surface area contributed by atoms with Gasteiger partial charge in [-0.1, -0.05) is 37.3 Å². The molecule has 1 heterocycles. The molecule has 1 fully saturated rings. The first-order valence-corrected chi connectivity index (χ1v) is 9.44. The number of aromatic nitrogens is 1. The highest BCUT2D eigenvalue weighted by molar-refractivity contribution is 7.09. The normalized spacial score (nSPS) is 20.9. The van der Waals surface area contributed by atoms with Crippen LogP contribution in [-0.4, -0.2) is 36.1 Å². The van der Waals surface area contributed by atoms with Gasteiger partial charge in [-0.2, -0.15) is 0 Å². The Bertz CT molecular complexity index is 638. The number of urea groups is 1. The summed E-state index contributed by atoms with van der Waals surface area (Å²) in [4.78, 5) is 18.3. The standard InChI is InChI=1S/C19H25N3OS/c1-14(18-20-8-9-24-18)13-22(2)19(23)21-12-15-10-17(11-15)16-6-4-3-5-7-16/h3-9,14-15,17H,10-13H2,1-2H3,(H,21,23). The molecule has 0 bridgehead atoms. The Hall–Kier alpha value is -1.88. The van der Waals surface area contributed by atoms with E-state index >= 15 is 0 Å². The Kier molecular flexibility index (Phi) is 5.51. The second kappa shape index (κ2) is 7.79. The molecule has 0 saturated heterocycles. The summed E-state index contributed by atoms with van der Waals surface area (Å²) in [5.41, 5.74) is 1.43. The first-order chi connectivity index (χ1) is 11.6. The van der Waals surface area contributed by atoms with Gasteiger partial charge < -0.3 is 10.2 Å². The Labute approximate surface area is 147 Å². The van der Waals surface area contributed by atoms with Gasteiger partial charge in [0.05, 0.1) is 5.01 Å². The van der Waals surface area contributed by atoms with Crippen molar-refractivity contribution in [1.29, 1.82) is 0 Å². The first kappa shape index (κ1) is 17.0. The van der Waals surface area contributed by atoms with Crippen molar-refractivity contribution < 1.29 is 4.79 Å². The summed E-state index contributed by atoms with van der Waals surface area (Å²) in [7, 11) is 1.85. The molecule has 2 amide bonds. The van der Waals surface area contributed by atoms with Gasteiger partial charge in [0, 0.05) is 37.6 Å². The van der Waals surface area contributed by atoms with Crippen LogP contribution in [0.25, 0.3) is 0 Å². The number of carbonyl (C=O) groups is 1. The summed E-state index contributed by atoms with van der Waals surface area (Å²) in [6, 6.07) is 10.7. The molecule has 1 aliphatic carbocycles. The molecule has 5 heteroatoms. The van der Waals surface area contributed by atoms with Crippen LogP contribution in [0.1, 0.15) is 42.2 Å². The Morgan fingerprint density at radius 2 is 2.12 bits per heavy atom. The zero-order valence-corrected chi connectivity index (χ0v) is 15.1. The van der Waals surface area contributed by atoms with Crippen molar-refractivity contribution >= 4 is 17.4 Å². The number of rotatable bonds is 6. The third-order valence-corrected chi connectivity index (χ3v) is 5.82. The number of amides is 2. The number of carbonyl (C=O) groups excluding carboxylic acids is 1. The summed E-state index contributed by atoms with van der Waals surface area (Å²) in [6.45, 7) is 3.58. The SMILES string of the molecule is CC(CN(C)C(=O)NCC1CC(c2ccccc2)C1)c1nccs1. The Morgan fingerprint density at radius 1 is 1.38 bits per heavy atom.